The molecular weight excluding hydrogens is 230 g/mol. The van der Waals surface area contributed by atoms with Gasteiger partial charge < -0.3 is 9.47 Å². The highest BCUT2D eigenvalue weighted by atomic mass is 19.3. The number of carbonyl (C=O) groups is 1. The molecule has 1 rings (SSSR count). The van der Waals surface area contributed by atoms with E-state index in [0.717, 1.165) is 12.8 Å². The summed E-state index contributed by atoms with van der Waals surface area (Å²) in [7, 11) is 0. The van der Waals surface area contributed by atoms with Gasteiger partial charge in [0.15, 0.2) is 0 Å². The molecule has 0 aliphatic carbocycles. The van der Waals surface area contributed by atoms with Crippen molar-refractivity contribution in [2.24, 2.45) is 0 Å². The number of carbonyl (C=O) groups excluding carboxylic acids is 1. The third kappa shape index (κ3) is 4.80. The summed E-state index contributed by atoms with van der Waals surface area (Å²) in [5.41, 5.74) is 0.322. The molecule has 0 spiro atoms. The van der Waals surface area contributed by atoms with Crippen LogP contribution in [0.3, 0.4) is 0 Å². The fraction of sp³-hybridized carbons (Fsp3) is 0.417. The van der Waals surface area contributed by atoms with Crippen LogP contribution >= 0.6 is 0 Å². The number of esters is 1. The molecule has 0 atom stereocenters. The highest BCUT2D eigenvalue weighted by Gasteiger charge is 2.08. The van der Waals surface area contributed by atoms with E-state index in [0.29, 0.717) is 12.2 Å². The first-order chi connectivity index (χ1) is 8.13. The Morgan fingerprint density at radius 2 is 1.94 bits per heavy atom. The number of ether oxygens (including phenoxy) is 2. The molecule has 0 bridgehead atoms. The number of hydrogen-bond acceptors (Lipinski definition) is 3. The second-order valence-corrected chi connectivity index (χ2v) is 3.39. The van der Waals surface area contributed by atoms with Gasteiger partial charge in [-0.1, -0.05) is 13.3 Å². The quantitative estimate of drug-likeness (QED) is 0.569. The van der Waals surface area contributed by atoms with Gasteiger partial charge in [-0.2, -0.15) is 8.78 Å². The van der Waals surface area contributed by atoms with Gasteiger partial charge in [-0.25, -0.2) is 4.79 Å². The van der Waals surface area contributed by atoms with Gasteiger partial charge in [0.25, 0.3) is 0 Å². The maximum atomic E-state index is 11.9. The van der Waals surface area contributed by atoms with E-state index in [1.165, 1.54) is 24.3 Å². The number of rotatable bonds is 6. The van der Waals surface area contributed by atoms with E-state index in [1.807, 2.05) is 6.92 Å². The molecule has 0 radical (unpaired) electrons. The summed E-state index contributed by atoms with van der Waals surface area (Å²) in [4.78, 5) is 11.4. The molecule has 5 heteroatoms. The summed E-state index contributed by atoms with van der Waals surface area (Å²) >= 11 is 0. The molecule has 17 heavy (non-hydrogen) atoms. The molecule has 1 aromatic rings. The van der Waals surface area contributed by atoms with E-state index >= 15 is 0 Å². The predicted octanol–water partition coefficient (Wildman–Crippen LogP) is 3.24. The van der Waals surface area contributed by atoms with E-state index in [2.05, 4.69) is 4.74 Å². The summed E-state index contributed by atoms with van der Waals surface area (Å²) in [6.07, 6.45) is 1.74. The van der Waals surface area contributed by atoms with E-state index in [4.69, 9.17) is 4.74 Å². The highest BCUT2D eigenvalue weighted by Crippen LogP contribution is 2.15. The Kier molecular flexibility index (Phi) is 5.39. The Bertz CT molecular complexity index is 349. The lowest BCUT2D eigenvalue weighted by molar-refractivity contribution is -0.0498. The molecule has 0 saturated carbocycles. The summed E-state index contributed by atoms with van der Waals surface area (Å²) in [6.45, 7) is -0.507. The smallest absolute Gasteiger partial charge is 0.387 e. The van der Waals surface area contributed by atoms with Crippen LogP contribution in [0, 0.1) is 0 Å². The van der Waals surface area contributed by atoms with Crippen molar-refractivity contribution in [2.75, 3.05) is 6.61 Å². The average molecular weight is 244 g/mol. The zero-order valence-corrected chi connectivity index (χ0v) is 9.49. The van der Waals surface area contributed by atoms with Crippen molar-refractivity contribution >= 4 is 5.97 Å². The van der Waals surface area contributed by atoms with E-state index < -0.39 is 12.6 Å². The van der Waals surface area contributed by atoms with Crippen molar-refractivity contribution in [3.8, 4) is 5.75 Å². The molecule has 1 aromatic carbocycles. The molecule has 94 valence electrons. The van der Waals surface area contributed by atoms with Gasteiger partial charge in [-0.05, 0) is 30.7 Å². The molecule has 0 aromatic heterocycles. The summed E-state index contributed by atoms with van der Waals surface area (Å²) in [5.74, 6) is -0.438. The number of hydrogen-bond donors (Lipinski definition) is 0. The Morgan fingerprint density at radius 3 is 2.47 bits per heavy atom. The van der Waals surface area contributed by atoms with Gasteiger partial charge in [-0.15, -0.1) is 0 Å². The standard InChI is InChI=1S/C12H14F2O3/c1-2-3-8-16-11(15)9-4-6-10(7-5-9)17-12(13)14/h4-7,12H,2-3,8H2,1H3. The lowest BCUT2D eigenvalue weighted by Crippen LogP contribution is -2.07. The first-order valence-corrected chi connectivity index (χ1v) is 5.35. The SMILES string of the molecule is CCCCOC(=O)c1ccc(OC(F)F)cc1. The van der Waals surface area contributed by atoms with Crippen LogP contribution < -0.4 is 4.74 Å². The summed E-state index contributed by atoms with van der Waals surface area (Å²) in [6, 6.07) is 5.41. The van der Waals surface area contributed by atoms with Crippen LogP contribution in [0.1, 0.15) is 30.1 Å². The van der Waals surface area contributed by atoms with Crippen molar-refractivity contribution in [3.63, 3.8) is 0 Å². The largest absolute Gasteiger partial charge is 0.462 e. The minimum absolute atomic E-state index is 0.0186. The summed E-state index contributed by atoms with van der Waals surface area (Å²) < 4.78 is 32.9. The van der Waals surface area contributed by atoms with Crippen LogP contribution in [0.2, 0.25) is 0 Å². The second-order valence-electron chi connectivity index (χ2n) is 3.39. The number of benzene rings is 1. The fourth-order valence-corrected chi connectivity index (χ4v) is 1.16. The maximum Gasteiger partial charge on any atom is 0.387 e. The lowest BCUT2D eigenvalue weighted by atomic mass is 10.2. The minimum atomic E-state index is -2.86. The fourth-order valence-electron chi connectivity index (χ4n) is 1.16. The molecule has 0 fully saturated rings. The minimum Gasteiger partial charge on any atom is -0.462 e. The monoisotopic (exact) mass is 244 g/mol. The molecule has 0 amide bonds. The molecule has 3 nitrogen and oxygen atoms in total. The van der Waals surface area contributed by atoms with Crippen LogP contribution in [0.4, 0.5) is 8.78 Å². The van der Waals surface area contributed by atoms with Crippen molar-refractivity contribution in [1.29, 1.82) is 0 Å². The van der Waals surface area contributed by atoms with Gasteiger partial charge in [0.2, 0.25) is 0 Å². The Morgan fingerprint density at radius 1 is 1.29 bits per heavy atom. The topological polar surface area (TPSA) is 35.5 Å². The van der Waals surface area contributed by atoms with Gasteiger partial charge in [0.1, 0.15) is 5.75 Å². The Balaban J connectivity index is 2.52. The van der Waals surface area contributed by atoms with E-state index in [-0.39, 0.29) is 5.75 Å². The van der Waals surface area contributed by atoms with Gasteiger partial charge >= 0.3 is 12.6 Å². The molecule has 0 saturated heterocycles. The van der Waals surface area contributed by atoms with Gasteiger partial charge in [0.05, 0.1) is 12.2 Å². The first kappa shape index (κ1) is 13.4. The Hall–Kier alpha value is -1.65. The molecule has 0 aliphatic heterocycles. The normalized spacial score (nSPS) is 10.4. The predicted molar refractivity (Wildman–Crippen MR) is 58.3 cm³/mol. The number of halogens is 2. The van der Waals surface area contributed by atoms with Crippen molar-refractivity contribution in [2.45, 2.75) is 26.4 Å². The van der Waals surface area contributed by atoms with Crippen LogP contribution in [-0.4, -0.2) is 19.2 Å². The van der Waals surface area contributed by atoms with Crippen LogP contribution in [0.25, 0.3) is 0 Å². The average Bonchev–Trinajstić information content (AvgIpc) is 2.29. The van der Waals surface area contributed by atoms with Crippen molar-refractivity contribution in [1.82, 2.24) is 0 Å². The zero-order chi connectivity index (χ0) is 12.7. The first-order valence-electron chi connectivity index (χ1n) is 5.35. The molecule has 0 aliphatic rings. The third-order valence-corrected chi connectivity index (χ3v) is 2.05. The summed E-state index contributed by atoms with van der Waals surface area (Å²) in [5, 5.41) is 0. The molecule has 0 N–H and O–H groups in total. The van der Waals surface area contributed by atoms with Gasteiger partial charge in [0, 0.05) is 0 Å². The zero-order valence-electron chi connectivity index (χ0n) is 9.49. The van der Waals surface area contributed by atoms with E-state index in [9.17, 15) is 13.6 Å². The molecule has 0 unspecified atom stereocenters. The number of unbranched alkanes of at least 4 members (excludes halogenated alkanes) is 1. The van der Waals surface area contributed by atoms with E-state index in [1.54, 1.807) is 0 Å². The number of alkyl halides is 2. The molecule has 0 heterocycles. The third-order valence-electron chi connectivity index (χ3n) is 2.05. The molecular formula is C12H14F2O3. The van der Waals surface area contributed by atoms with Crippen molar-refractivity contribution < 1.29 is 23.0 Å². The van der Waals surface area contributed by atoms with Crippen LogP contribution in [0.15, 0.2) is 24.3 Å². The maximum absolute atomic E-state index is 11.9. The highest BCUT2D eigenvalue weighted by molar-refractivity contribution is 5.89. The van der Waals surface area contributed by atoms with Crippen LogP contribution in [-0.2, 0) is 4.74 Å². The second kappa shape index (κ2) is 6.83. The van der Waals surface area contributed by atoms with Gasteiger partial charge in [-0.3, -0.25) is 0 Å². The lowest BCUT2D eigenvalue weighted by Gasteiger charge is -2.06. The Labute approximate surface area is 98.3 Å². The van der Waals surface area contributed by atoms with Crippen molar-refractivity contribution in [3.05, 3.63) is 29.8 Å². The van der Waals surface area contributed by atoms with Crippen LogP contribution in [0.5, 0.6) is 5.75 Å².